The second-order valence-electron chi connectivity index (χ2n) is 2.41. The van der Waals surface area contributed by atoms with Gasteiger partial charge >= 0.3 is 0 Å². The van der Waals surface area contributed by atoms with Gasteiger partial charge < -0.3 is 10.5 Å². The second kappa shape index (κ2) is 4.18. The first kappa shape index (κ1) is 8.33. The highest BCUT2D eigenvalue weighted by atomic mass is 32.1. The summed E-state index contributed by atoms with van der Waals surface area (Å²) in [5.74, 6) is 0. The van der Waals surface area contributed by atoms with Gasteiger partial charge in [0.15, 0.2) is 0 Å². The van der Waals surface area contributed by atoms with E-state index in [0.29, 0.717) is 0 Å². The van der Waals surface area contributed by atoms with Gasteiger partial charge in [0.2, 0.25) is 0 Å². The Morgan fingerprint density at radius 3 is 3.10 bits per heavy atom. The Morgan fingerprint density at radius 1 is 1.70 bits per heavy atom. The molecule has 0 amide bonds. The zero-order chi connectivity index (χ0) is 7.40. The zero-order valence-electron chi connectivity index (χ0n) is 5.99. The molecule has 1 aliphatic heterocycles. The van der Waals surface area contributed by atoms with Crippen molar-refractivity contribution in [2.24, 2.45) is 5.73 Å². The van der Waals surface area contributed by atoms with Crippen molar-refractivity contribution in [2.75, 3.05) is 32.8 Å². The number of rotatable bonds is 2. The number of hydrogen-bond acceptors (Lipinski definition) is 4. The van der Waals surface area contributed by atoms with Crippen molar-refractivity contribution in [3.63, 3.8) is 0 Å². The molecule has 0 aromatic rings. The topological polar surface area (TPSA) is 38.5 Å². The van der Waals surface area contributed by atoms with E-state index < -0.39 is 0 Å². The van der Waals surface area contributed by atoms with Gasteiger partial charge in [0.05, 0.1) is 6.61 Å². The molecule has 0 spiro atoms. The Labute approximate surface area is 66.9 Å². The molecule has 1 atom stereocenters. The van der Waals surface area contributed by atoms with Gasteiger partial charge in [-0.05, 0) is 0 Å². The molecule has 2 N–H and O–H groups in total. The van der Waals surface area contributed by atoms with Gasteiger partial charge in [-0.25, -0.2) is 0 Å². The number of nitrogens with zero attached hydrogens (tertiary/aromatic N) is 1. The maximum absolute atomic E-state index is 5.40. The minimum Gasteiger partial charge on any atom is -0.365 e. The molecule has 4 heteroatoms. The first-order chi connectivity index (χ1) is 4.83. The van der Waals surface area contributed by atoms with Crippen molar-refractivity contribution >= 4 is 12.6 Å². The monoisotopic (exact) mass is 162 g/mol. The molecule has 0 aromatic carbocycles. The molecule has 10 heavy (non-hydrogen) atoms. The van der Waals surface area contributed by atoms with Crippen molar-refractivity contribution in [3.05, 3.63) is 0 Å². The normalized spacial score (nSPS) is 28.8. The average Bonchev–Trinajstić information content (AvgIpc) is 1.88. The molecule has 0 saturated carbocycles. The molecule has 60 valence electrons. The van der Waals surface area contributed by atoms with Gasteiger partial charge in [-0.1, -0.05) is 0 Å². The third-order valence-corrected chi connectivity index (χ3v) is 1.89. The molecular formula is C6H14N2OS. The van der Waals surface area contributed by atoms with Crippen molar-refractivity contribution in [1.29, 1.82) is 0 Å². The first-order valence-corrected chi connectivity index (χ1v) is 4.06. The highest BCUT2D eigenvalue weighted by Gasteiger charge is 2.15. The van der Waals surface area contributed by atoms with Crippen molar-refractivity contribution in [2.45, 2.75) is 5.44 Å². The van der Waals surface area contributed by atoms with Crippen LogP contribution in [0.1, 0.15) is 0 Å². The van der Waals surface area contributed by atoms with Gasteiger partial charge in [-0.3, -0.25) is 4.90 Å². The number of nitrogens with two attached hydrogens (primary N) is 1. The van der Waals surface area contributed by atoms with E-state index in [2.05, 4.69) is 17.5 Å². The molecule has 0 bridgehead atoms. The quantitative estimate of drug-likeness (QED) is 0.539. The highest BCUT2D eigenvalue weighted by Crippen LogP contribution is 2.06. The van der Waals surface area contributed by atoms with E-state index in [1.807, 2.05) is 0 Å². The molecule has 1 rings (SSSR count). The molecule has 0 radical (unpaired) electrons. The number of thiol groups is 1. The lowest BCUT2D eigenvalue weighted by molar-refractivity contribution is 0.0206. The van der Waals surface area contributed by atoms with E-state index in [0.717, 1.165) is 32.8 Å². The third-order valence-electron chi connectivity index (χ3n) is 1.58. The first-order valence-electron chi connectivity index (χ1n) is 3.55. The number of morpholine rings is 1. The van der Waals surface area contributed by atoms with E-state index in [1.54, 1.807) is 0 Å². The van der Waals surface area contributed by atoms with Crippen LogP contribution in [0.15, 0.2) is 0 Å². The summed E-state index contributed by atoms with van der Waals surface area (Å²) in [7, 11) is 0. The van der Waals surface area contributed by atoms with Crippen molar-refractivity contribution < 1.29 is 4.74 Å². The molecule has 1 unspecified atom stereocenters. The Balaban J connectivity index is 2.18. The lowest BCUT2D eigenvalue weighted by Crippen LogP contribution is -2.42. The van der Waals surface area contributed by atoms with Gasteiger partial charge in [0.25, 0.3) is 0 Å². The average molecular weight is 162 g/mol. The lowest BCUT2D eigenvalue weighted by atomic mass is 10.4. The zero-order valence-corrected chi connectivity index (χ0v) is 6.89. The molecule has 1 fully saturated rings. The van der Waals surface area contributed by atoms with E-state index in [9.17, 15) is 0 Å². The Morgan fingerprint density at radius 2 is 2.50 bits per heavy atom. The summed E-state index contributed by atoms with van der Waals surface area (Å²) in [5, 5.41) is 0. The predicted octanol–water partition coefficient (Wildman–Crippen LogP) is -0.467. The number of ether oxygens (including phenoxy) is 1. The van der Waals surface area contributed by atoms with Crippen molar-refractivity contribution in [1.82, 2.24) is 4.90 Å². The van der Waals surface area contributed by atoms with Crippen LogP contribution in [0.25, 0.3) is 0 Å². The van der Waals surface area contributed by atoms with Gasteiger partial charge in [-0.2, -0.15) is 0 Å². The fourth-order valence-corrected chi connectivity index (χ4v) is 1.40. The SMILES string of the molecule is NCCN1CCOC(S)C1. The maximum atomic E-state index is 5.40. The smallest absolute Gasteiger partial charge is 0.113 e. The minimum absolute atomic E-state index is 0.0836. The third kappa shape index (κ3) is 2.46. The van der Waals surface area contributed by atoms with E-state index in [-0.39, 0.29) is 5.44 Å². The molecule has 0 aromatic heterocycles. The molecule has 3 nitrogen and oxygen atoms in total. The Kier molecular flexibility index (Phi) is 3.48. The van der Waals surface area contributed by atoms with Crippen LogP contribution in [0.5, 0.6) is 0 Å². The van der Waals surface area contributed by atoms with E-state index in [1.165, 1.54) is 0 Å². The molecular weight excluding hydrogens is 148 g/mol. The van der Waals surface area contributed by atoms with Crippen LogP contribution >= 0.6 is 12.6 Å². The van der Waals surface area contributed by atoms with Crippen LogP contribution in [0.4, 0.5) is 0 Å². The summed E-state index contributed by atoms with van der Waals surface area (Å²) in [4.78, 5) is 2.27. The summed E-state index contributed by atoms with van der Waals surface area (Å²) < 4.78 is 5.24. The molecule has 1 saturated heterocycles. The van der Waals surface area contributed by atoms with Crippen molar-refractivity contribution in [3.8, 4) is 0 Å². The molecule has 0 aliphatic carbocycles. The summed E-state index contributed by atoms with van der Waals surface area (Å²) in [6.45, 7) is 4.36. The fraction of sp³-hybridized carbons (Fsp3) is 1.00. The van der Waals surface area contributed by atoms with Crippen LogP contribution < -0.4 is 5.73 Å². The summed E-state index contributed by atoms with van der Waals surface area (Å²) in [5.41, 5.74) is 5.48. The van der Waals surface area contributed by atoms with Gasteiger partial charge in [0, 0.05) is 26.2 Å². The minimum atomic E-state index is 0.0836. The maximum Gasteiger partial charge on any atom is 0.113 e. The van der Waals surface area contributed by atoms with Crippen LogP contribution in [0, 0.1) is 0 Å². The second-order valence-corrected chi connectivity index (χ2v) is 2.99. The van der Waals surface area contributed by atoms with E-state index in [4.69, 9.17) is 10.5 Å². The van der Waals surface area contributed by atoms with Crippen LogP contribution in [-0.4, -0.2) is 43.1 Å². The van der Waals surface area contributed by atoms with E-state index >= 15 is 0 Å². The van der Waals surface area contributed by atoms with Gasteiger partial charge in [-0.15, -0.1) is 12.6 Å². The lowest BCUT2D eigenvalue weighted by Gasteiger charge is -2.29. The van der Waals surface area contributed by atoms with Crippen LogP contribution in [0.2, 0.25) is 0 Å². The molecule has 1 aliphatic rings. The Bertz CT molecular complexity index is 99.7. The molecule has 1 heterocycles. The van der Waals surface area contributed by atoms with Crippen LogP contribution in [-0.2, 0) is 4.74 Å². The van der Waals surface area contributed by atoms with Gasteiger partial charge in [0.1, 0.15) is 5.44 Å². The standard InChI is InChI=1S/C6H14N2OS/c7-1-2-8-3-4-9-6(10)5-8/h6,10H,1-5,7H2. The number of hydrogen-bond donors (Lipinski definition) is 2. The predicted molar refractivity (Wildman–Crippen MR) is 44.2 cm³/mol. The Hall–Kier alpha value is 0.230. The fourth-order valence-electron chi connectivity index (χ4n) is 1.07. The summed E-state index contributed by atoms with van der Waals surface area (Å²) in [6.07, 6.45) is 0. The summed E-state index contributed by atoms with van der Waals surface area (Å²) in [6, 6.07) is 0. The van der Waals surface area contributed by atoms with Crippen LogP contribution in [0.3, 0.4) is 0 Å². The largest absolute Gasteiger partial charge is 0.365 e. The summed E-state index contributed by atoms with van der Waals surface area (Å²) >= 11 is 4.21. The highest BCUT2D eigenvalue weighted by molar-refractivity contribution is 7.80.